The predicted octanol–water partition coefficient (Wildman–Crippen LogP) is 2.15. The first-order valence-electron chi connectivity index (χ1n) is 12.0. The molecular weight excluding hydrogens is 558 g/mol. The fraction of sp³-hybridized carbons (Fsp3) is 0.320. The van der Waals surface area contributed by atoms with Crippen molar-refractivity contribution in [1.29, 1.82) is 0 Å². The summed E-state index contributed by atoms with van der Waals surface area (Å²) >= 11 is 3.27. The van der Waals surface area contributed by atoms with E-state index in [0.29, 0.717) is 16.6 Å². The minimum absolute atomic E-state index is 0.0145. The van der Waals surface area contributed by atoms with Crippen LogP contribution in [0, 0.1) is 0 Å². The number of ether oxygens (including phenoxy) is 1. The molecule has 2 aliphatic heterocycles. The van der Waals surface area contributed by atoms with Gasteiger partial charge in [-0.1, -0.05) is 23.4 Å². The fourth-order valence-electron chi connectivity index (χ4n) is 4.33. The zero-order valence-electron chi connectivity index (χ0n) is 20.1. The maximum Gasteiger partial charge on any atom is 0.410 e. The van der Waals surface area contributed by atoms with Crippen LogP contribution in [0.25, 0.3) is 10.9 Å². The minimum atomic E-state index is -0.852. The van der Waals surface area contributed by atoms with Gasteiger partial charge in [0.25, 0.3) is 5.91 Å². The number of carbonyl (C=O) groups excluding carboxylic acids is 3. The third-order valence-electron chi connectivity index (χ3n) is 6.18. The molecular formula is C25H24BrN7O5. The van der Waals surface area contributed by atoms with Crippen molar-refractivity contribution >= 4 is 49.4 Å². The molecule has 3 amide bonds. The Morgan fingerprint density at radius 2 is 2.03 bits per heavy atom. The molecule has 13 heteroatoms. The summed E-state index contributed by atoms with van der Waals surface area (Å²) in [5.41, 5.74) is 1.69. The number of aromatic nitrogens is 3. The van der Waals surface area contributed by atoms with Crippen molar-refractivity contribution in [1.82, 2.24) is 30.5 Å². The Bertz CT molecular complexity index is 1370. The number of pyridine rings is 1. The second-order valence-corrected chi connectivity index (χ2v) is 9.82. The van der Waals surface area contributed by atoms with Crippen molar-refractivity contribution in [2.75, 3.05) is 13.1 Å². The van der Waals surface area contributed by atoms with Gasteiger partial charge in [-0.25, -0.2) is 9.78 Å². The number of nitrogens with zero attached hydrogens (tertiary/aromatic N) is 5. The van der Waals surface area contributed by atoms with Crippen molar-refractivity contribution in [2.45, 2.75) is 37.6 Å². The van der Waals surface area contributed by atoms with E-state index in [1.807, 2.05) is 30.3 Å². The molecule has 0 radical (unpaired) electrons. The van der Waals surface area contributed by atoms with E-state index in [0.717, 1.165) is 10.9 Å². The number of oxime groups is 1. The molecule has 2 N–H and O–H groups in total. The monoisotopic (exact) mass is 581 g/mol. The zero-order valence-corrected chi connectivity index (χ0v) is 21.7. The van der Waals surface area contributed by atoms with Crippen LogP contribution in [-0.2, 0) is 21.0 Å². The van der Waals surface area contributed by atoms with Crippen molar-refractivity contribution in [2.24, 2.45) is 5.16 Å². The number of amides is 3. The molecule has 0 saturated carbocycles. The summed E-state index contributed by atoms with van der Waals surface area (Å²) < 4.78 is 6.22. The first-order chi connectivity index (χ1) is 18.5. The van der Waals surface area contributed by atoms with Crippen molar-refractivity contribution in [3.63, 3.8) is 0 Å². The average molecular weight is 582 g/mol. The maximum absolute atomic E-state index is 13.1. The quantitative estimate of drug-likeness (QED) is 0.431. The molecule has 2 aromatic heterocycles. The van der Waals surface area contributed by atoms with E-state index < -0.39 is 24.1 Å². The Labute approximate surface area is 225 Å². The second kappa shape index (κ2) is 11.5. The molecule has 0 aliphatic carbocycles. The highest BCUT2D eigenvalue weighted by Crippen LogP contribution is 2.22. The molecule has 1 unspecified atom stereocenters. The first-order valence-corrected chi connectivity index (χ1v) is 12.8. The largest absolute Gasteiger partial charge is 0.444 e. The van der Waals surface area contributed by atoms with Crippen molar-refractivity contribution < 1.29 is 24.0 Å². The van der Waals surface area contributed by atoms with E-state index in [2.05, 4.69) is 46.7 Å². The summed E-state index contributed by atoms with van der Waals surface area (Å²) in [6, 6.07) is 8.19. The van der Waals surface area contributed by atoms with Gasteiger partial charge in [-0.2, -0.15) is 0 Å². The molecule has 0 bridgehead atoms. The van der Waals surface area contributed by atoms with Gasteiger partial charge in [-0.05, 0) is 34.5 Å². The number of carbonyl (C=O) groups is 3. The molecule has 3 aromatic rings. The molecule has 4 heterocycles. The topological polar surface area (TPSA) is 148 Å². The molecule has 0 spiro atoms. The molecule has 38 heavy (non-hydrogen) atoms. The van der Waals surface area contributed by atoms with E-state index in [1.165, 1.54) is 23.5 Å². The van der Waals surface area contributed by atoms with E-state index in [9.17, 15) is 14.4 Å². The first kappa shape index (κ1) is 25.5. The zero-order chi connectivity index (χ0) is 26.5. The van der Waals surface area contributed by atoms with E-state index in [4.69, 9.17) is 9.57 Å². The standard InChI is InChI=1S/C25H24BrN7O5/c26-22-9-18(38-32-22)11-30-24(35)21-8-17(31-23(34)20-12-27-5-6-28-20)13-33(21)25(36)37-14-15-7-16-3-1-2-4-19(16)29-10-15/h1-7,10,12,17-18,21H,8-9,11,13-14H2,(H,30,35)(H,31,34)/t17-,18?,21+/m1/s1. The second-order valence-electron chi connectivity index (χ2n) is 8.90. The summed E-state index contributed by atoms with van der Waals surface area (Å²) in [5.74, 6) is -0.821. The van der Waals surface area contributed by atoms with E-state index in [1.54, 1.807) is 6.20 Å². The van der Waals surface area contributed by atoms with Crippen molar-refractivity contribution in [3.05, 3.63) is 66.4 Å². The molecule has 5 rings (SSSR count). The normalized spacial score (nSPS) is 20.5. The Morgan fingerprint density at radius 1 is 1.16 bits per heavy atom. The molecule has 1 fully saturated rings. The van der Waals surface area contributed by atoms with Gasteiger partial charge < -0.3 is 20.2 Å². The molecule has 1 aromatic carbocycles. The number of nitrogens with one attached hydrogen (secondary N) is 2. The van der Waals surface area contributed by atoms with E-state index in [-0.39, 0.29) is 43.8 Å². The minimum Gasteiger partial charge on any atom is -0.444 e. The highest BCUT2D eigenvalue weighted by atomic mass is 79.9. The number of fused-ring (bicyclic) bond motifs is 1. The Kier molecular flexibility index (Phi) is 7.73. The smallest absolute Gasteiger partial charge is 0.410 e. The highest BCUT2D eigenvalue weighted by Gasteiger charge is 2.41. The molecule has 1 saturated heterocycles. The van der Waals surface area contributed by atoms with Crippen molar-refractivity contribution in [3.8, 4) is 0 Å². The Hall–Kier alpha value is -4.13. The van der Waals surface area contributed by atoms with Crippen LogP contribution in [0.1, 0.15) is 28.9 Å². The Morgan fingerprint density at radius 3 is 2.82 bits per heavy atom. The van der Waals surface area contributed by atoms with Gasteiger partial charge in [0.05, 0.1) is 18.3 Å². The molecule has 196 valence electrons. The van der Waals surface area contributed by atoms with E-state index >= 15 is 0 Å². The number of rotatable bonds is 7. The fourth-order valence-corrected chi connectivity index (χ4v) is 4.77. The number of halogens is 1. The van der Waals surface area contributed by atoms with Gasteiger partial charge in [0.1, 0.15) is 23.0 Å². The van der Waals surface area contributed by atoms with Crippen LogP contribution in [0.3, 0.4) is 0 Å². The van der Waals surface area contributed by atoms with Gasteiger partial charge in [0.2, 0.25) is 5.91 Å². The van der Waals surface area contributed by atoms with Crippen LogP contribution in [0.5, 0.6) is 0 Å². The number of hydrogen-bond acceptors (Lipinski definition) is 9. The van der Waals surface area contributed by atoms with Crippen LogP contribution >= 0.6 is 15.9 Å². The predicted molar refractivity (Wildman–Crippen MR) is 139 cm³/mol. The molecule has 2 aliphatic rings. The third kappa shape index (κ3) is 6.05. The van der Waals surface area contributed by atoms with Crippen LogP contribution in [0.2, 0.25) is 0 Å². The van der Waals surface area contributed by atoms with Crippen LogP contribution in [0.15, 0.2) is 60.3 Å². The molecule has 12 nitrogen and oxygen atoms in total. The Balaban J connectivity index is 1.24. The highest BCUT2D eigenvalue weighted by molar-refractivity contribution is 9.18. The van der Waals surface area contributed by atoms with Gasteiger partial charge in [0, 0.05) is 48.5 Å². The lowest BCUT2D eigenvalue weighted by atomic mass is 10.1. The summed E-state index contributed by atoms with van der Waals surface area (Å²) in [5, 5.41) is 10.4. The summed E-state index contributed by atoms with van der Waals surface area (Å²) in [7, 11) is 0. The SMILES string of the molecule is O=C(N[C@@H]1C[C@@H](C(=O)NCC2CC(Br)=NO2)N(C(=O)OCc2cnc3ccccc3c2)C1)c1cnccn1. The van der Waals surface area contributed by atoms with Gasteiger partial charge in [0.15, 0.2) is 6.10 Å². The average Bonchev–Trinajstić information content (AvgIpc) is 3.56. The van der Waals surface area contributed by atoms with Crippen LogP contribution < -0.4 is 10.6 Å². The number of benzene rings is 1. The van der Waals surface area contributed by atoms with Crippen LogP contribution in [-0.4, -0.2) is 73.7 Å². The lowest BCUT2D eigenvalue weighted by Gasteiger charge is -2.23. The summed E-state index contributed by atoms with van der Waals surface area (Å²) in [6.45, 7) is 0.295. The molecule has 3 atom stereocenters. The van der Waals surface area contributed by atoms with Gasteiger partial charge in [-0.3, -0.25) is 24.5 Å². The van der Waals surface area contributed by atoms with Gasteiger partial charge >= 0.3 is 6.09 Å². The van der Waals surface area contributed by atoms with Gasteiger partial charge in [-0.15, -0.1) is 0 Å². The summed E-state index contributed by atoms with van der Waals surface area (Å²) in [6.07, 6.45) is 5.64. The number of para-hydroxylation sites is 1. The lowest BCUT2D eigenvalue weighted by Crippen LogP contribution is -2.47. The third-order valence-corrected chi connectivity index (χ3v) is 6.65. The number of likely N-dealkylation sites (tertiary alicyclic amines) is 1. The summed E-state index contributed by atoms with van der Waals surface area (Å²) in [4.78, 5) is 57.7. The van der Waals surface area contributed by atoms with Crippen LogP contribution in [0.4, 0.5) is 4.79 Å². The lowest BCUT2D eigenvalue weighted by molar-refractivity contribution is -0.125. The number of hydrogen-bond donors (Lipinski definition) is 2. The maximum atomic E-state index is 13.1.